The summed E-state index contributed by atoms with van der Waals surface area (Å²) in [4.78, 5) is 8.49. The van der Waals surface area contributed by atoms with Crippen molar-refractivity contribution < 1.29 is 4.52 Å². The van der Waals surface area contributed by atoms with E-state index in [1.165, 1.54) is 0 Å². The molecule has 0 saturated carbocycles. The molecule has 4 nitrogen and oxygen atoms in total. The molecule has 3 aromatic rings. The maximum atomic E-state index is 5.85. The largest absolute Gasteiger partial charge is 0.339 e. The van der Waals surface area contributed by atoms with Crippen LogP contribution >= 0.6 is 11.6 Å². The van der Waals surface area contributed by atoms with Gasteiger partial charge in [0, 0.05) is 29.6 Å². The summed E-state index contributed by atoms with van der Waals surface area (Å²) in [6.07, 6.45) is 2.97. The van der Waals surface area contributed by atoms with E-state index in [9.17, 15) is 0 Å². The summed E-state index contributed by atoms with van der Waals surface area (Å²) in [7, 11) is 0. The lowest BCUT2D eigenvalue weighted by molar-refractivity contribution is 0.380. The molecule has 0 amide bonds. The normalized spacial score (nSPS) is 10.0. The molecule has 0 unspecified atom stereocenters. The first-order chi connectivity index (χ1) is 10.8. The van der Waals surface area contributed by atoms with E-state index in [1.807, 2.05) is 30.3 Å². The Hall–Kier alpha value is -2.64. The number of nitrogens with zero attached hydrogens (tertiary/aromatic N) is 3. The fourth-order valence-corrected chi connectivity index (χ4v) is 1.96. The fraction of sp³-hybridized carbons (Fsp3) is 0.118. The molecule has 22 heavy (non-hydrogen) atoms. The maximum Gasteiger partial charge on any atom is 0.227 e. The number of hydrogen-bond acceptors (Lipinski definition) is 4. The van der Waals surface area contributed by atoms with Crippen LogP contribution in [-0.4, -0.2) is 15.1 Å². The van der Waals surface area contributed by atoms with Crippen LogP contribution in [-0.2, 0) is 6.42 Å². The topological polar surface area (TPSA) is 51.8 Å². The van der Waals surface area contributed by atoms with Gasteiger partial charge in [0.1, 0.15) is 5.69 Å². The van der Waals surface area contributed by atoms with Gasteiger partial charge in [0.05, 0.1) is 0 Å². The molecule has 0 N–H and O–H groups in total. The molecular formula is C17H12ClN3O. The SMILES string of the molecule is Clc1ccc(-c2noc(CCC#Cc3ccccn3)n2)cc1. The van der Waals surface area contributed by atoms with Gasteiger partial charge in [-0.15, -0.1) is 0 Å². The van der Waals surface area contributed by atoms with E-state index < -0.39 is 0 Å². The molecule has 0 atom stereocenters. The van der Waals surface area contributed by atoms with E-state index in [0.29, 0.717) is 29.6 Å². The van der Waals surface area contributed by atoms with Crippen molar-refractivity contribution in [3.63, 3.8) is 0 Å². The number of benzene rings is 1. The lowest BCUT2D eigenvalue weighted by atomic mass is 10.2. The average Bonchev–Trinajstić information content (AvgIpc) is 3.02. The number of hydrogen-bond donors (Lipinski definition) is 0. The maximum absolute atomic E-state index is 5.85. The van der Waals surface area contributed by atoms with Crippen molar-refractivity contribution in [3.8, 4) is 23.2 Å². The van der Waals surface area contributed by atoms with Crippen LogP contribution in [0.1, 0.15) is 18.0 Å². The first-order valence-corrected chi connectivity index (χ1v) is 7.17. The molecule has 0 aliphatic heterocycles. The van der Waals surface area contributed by atoms with Gasteiger partial charge in [0.2, 0.25) is 11.7 Å². The van der Waals surface area contributed by atoms with Crippen LogP contribution in [0.2, 0.25) is 5.02 Å². The Morgan fingerprint density at radius 1 is 1.09 bits per heavy atom. The molecule has 2 heterocycles. The number of halogens is 1. The van der Waals surface area contributed by atoms with E-state index in [-0.39, 0.29) is 0 Å². The summed E-state index contributed by atoms with van der Waals surface area (Å²) in [6.45, 7) is 0. The highest BCUT2D eigenvalue weighted by Crippen LogP contribution is 2.18. The van der Waals surface area contributed by atoms with Gasteiger partial charge in [-0.05, 0) is 42.3 Å². The molecule has 0 spiro atoms. The second-order valence-corrected chi connectivity index (χ2v) is 4.97. The fourth-order valence-electron chi connectivity index (χ4n) is 1.83. The van der Waals surface area contributed by atoms with E-state index in [2.05, 4.69) is 27.0 Å². The Bertz CT molecular complexity index is 801. The first-order valence-electron chi connectivity index (χ1n) is 6.80. The summed E-state index contributed by atoms with van der Waals surface area (Å²) in [5, 5.41) is 4.64. The zero-order valence-electron chi connectivity index (χ0n) is 11.7. The molecule has 108 valence electrons. The molecule has 0 aliphatic rings. The van der Waals surface area contributed by atoms with Crippen molar-refractivity contribution in [3.05, 3.63) is 65.3 Å². The number of rotatable bonds is 3. The average molecular weight is 310 g/mol. The zero-order chi connectivity index (χ0) is 15.2. The minimum Gasteiger partial charge on any atom is -0.339 e. The quantitative estimate of drug-likeness (QED) is 0.691. The van der Waals surface area contributed by atoms with Gasteiger partial charge < -0.3 is 4.52 Å². The van der Waals surface area contributed by atoms with E-state index in [4.69, 9.17) is 16.1 Å². The smallest absolute Gasteiger partial charge is 0.227 e. The van der Waals surface area contributed by atoms with Crippen LogP contribution < -0.4 is 0 Å². The molecule has 0 radical (unpaired) electrons. The van der Waals surface area contributed by atoms with Crippen LogP contribution in [0.5, 0.6) is 0 Å². The first kappa shape index (κ1) is 14.3. The molecule has 2 aromatic heterocycles. The van der Waals surface area contributed by atoms with Gasteiger partial charge in [-0.25, -0.2) is 4.98 Å². The van der Waals surface area contributed by atoms with Crippen molar-refractivity contribution in [1.82, 2.24) is 15.1 Å². The zero-order valence-corrected chi connectivity index (χ0v) is 12.4. The van der Waals surface area contributed by atoms with Gasteiger partial charge in [-0.2, -0.15) is 4.98 Å². The Labute approximate surface area is 133 Å². The number of aromatic nitrogens is 3. The van der Waals surface area contributed by atoms with Crippen molar-refractivity contribution >= 4 is 11.6 Å². The third-order valence-corrected chi connectivity index (χ3v) is 3.17. The molecule has 0 saturated heterocycles. The summed E-state index contributed by atoms with van der Waals surface area (Å²) in [6, 6.07) is 13.0. The predicted molar refractivity (Wildman–Crippen MR) is 84.2 cm³/mol. The lowest BCUT2D eigenvalue weighted by Gasteiger charge is -1.93. The standard InChI is InChI=1S/C17H12ClN3O/c18-14-10-8-13(9-11-14)17-20-16(22-21-17)7-2-1-5-15-6-3-4-12-19-15/h3-4,6,8-12H,2,7H2. The van der Waals surface area contributed by atoms with E-state index >= 15 is 0 Å². The predicted octanol–water partition coefficient (Wildman–Crippen LogP) is 3.77. The number of pyridine rings is 1. The van der Waals surface area contributed by atoms with E-state index in [1.54, 1.807) is 18.3 Å². The van der Waals surface area contributed by atoms with Gasteiger partial charge in [0.25, 0.3) is 0 Å². The highest BCUT2D eigenvalue weighted by atomic mass is 35.5. The summed E-state index contributed by atoms with van der Waals surface area (Å²) >= 11 is 5.85. The summed E-state index contributed by atoms with van der Waals surface area (Å²) in [5.41, 5.74) is 1.63. The minimum absolute atomic E-state index is 0.560. The number of aryl methyl sites for hydroxylation is 1. The second kappa shape index (κ2) is 6.88. The molecule has 0 bridgehead atoms. The third-order valence-electron chi connectivity index (χ3n) is 2.92. The van der Waals surface area contributed by atoms with Crippen LogP contribution in [0.3, 0.4) is 0 Å². The minimum atomic E-state index is 0.560. The molecule has 0 fully saturated rings. The van der Waals surface area contributed by atoms with Crippen LogP contribution in [0.25, 0.3) is 11.4 Å². The van der Waals surface area contributed by atoms with Gasteiger partial charge >= 0.3 is 0 Å². The van der Waals surface area contributed by atoms with Gasteiger partial charge in [-0.3, -0.25) is 0 Å². The summed E-state index contributed by atoms with van der Waals surface area (Å²) < 4.78 is 5.22. The molecule has 1 aromatic carbocycles. The Balaban J connectivity index is 1.61. The summed E-state index contributed by atoms with van der Waals surface area (Å²) in [5.74, 6) is 7.17. The van der Waals surface area contributed by atoms with Crippen molar-refractivity contribution in [1.29, 1.82) is 0 Å². The van der Waals surface area contributed by atoms with Crippen LogP contribution in [0.4, 0.5) is 0 Å². The highest BCUT2D eigenvalue weighted by Gasteiger charge is 2.07. The molecule has 3 rings (SSSR count). The van der Waals surface area contributed by atoms with Crippen molar-refractivity contribution in [2.45, 2.75) is 12.8 Å². The highest BCUT2D eigenvalue weighted by molar-refractivity contribution is 6.30. The van der Waals surface area contributed by atoms with Crippen molar-refractivity contribution in [2.75, 3.05) is 0 Å². The van der Waals surface area contributed by atoms with Crippen molar-refractivity contribution in [2.24, 2.45) is 0 Å². The monoisotopic (exact) mass is 309 g/mol. The van der Waals surface area contributed by atoms with Crippen LogP contribution in [0.15, 0.2) is 53.2 Å². The Morgan fingerprint density at radius 2 is 1.95 bits per heavy atom. The van der Waals surface area contributed by atoms with Crippen LogP contribution in [0, 0.1) is 11.8 Å². The van der Waals surface area contributed by atoms with E-state index in [0.717, 1.165) is 11.3 Å². The molecule has 5 heteroatoms. The third kappa shape index (κ3) is 3.72. The Kier molecular flexibility index (Phi) is 4.47. The van der Waals surface area contributed by atoms with Gasteiger partial charge in [-0.1, -0.05) is 28.7 Å². The second-order valence-electron chi connectivity index (χ2n) is 4.54. The van der Waals surface area contributed by atoms with Gasteiger partial charge in [0.15, 0.2) is 0 Å². The Morgan fingerprint density at radius 3 is 2.73 bits per heavy atom. The molecular weight excluding hydrogens is 298 g/mol. The lowest BCUT2D eigenvalue weighted by Crippen LogP contribution is -1.85. The molecule has 0 aliphatic carbocycles.